The summed E-state index contributed by atoms with van der Waals surface area (Å²) >= 11 is 0. The molecule has 0 radical (unpaired) electrons. The lowest BCUT2D eigenvalue weighted by Gasteiger charge is -2.34. The van der Waals surface area contributed by atoms with Gasteiger partial charge in [-0.3, -0.25) is 9.69 Å². The van der Waals surface area contributed by atoms with Gasteiger partial charge in [-0.2, -0.15) is 0 Å². The van der Waals surface area contributed by atoms with Gasteiger partial charge >= 0.3 is 0 Å². The minimum Gasteiger partial charge on any atom is -0.370 e. The maximum absolute atomic E-state index is 12.4. The second kappa shape index (κ2) is 5.70. The molecule has 0 spiro atoms. The van der Waals surface area contributed by atoms with Gasteiger partial charge in [0.05, 0.1) is 17.7 Å². The van der Waals surface area contributed by atoms with E-state index in [1.807, 2.05) is 13.8 Å². The minimum absolute atomic E-state index is 0.0438. The summed E-state index contributed by atoms with van der Waals surface area (Å²) < 4.78 is 6.10. The van der Waals surface area contributed by atoms with Crippen LogP contribution in [0.3, 0.4) is 0 Å². The molecule has 0 aromatic heterocycles. The van der Waals surface area contributed by atoms with E-state index in [4.69, 9.17) is 4.74 Å². The zero-order valence-corrected chi connectivity index (χ0v) is 13.0. The maximum atomic E-state index is 12.4. The molecule has 18 heavy (non-hydrogen) atoms. The van der Waals surface area contributed by atoms with E-state index >= 15 is 0 Å². The van der Waals surface area contributed by atoms with E-state index in [0.717, 1.165) is 13.0 Å². The fourth-order valence-electron chi connectivity index (χ4n) is 2.63. The monoisotopic (exact) mass is 255 g/mol. The molecule has 0 bridgehead atoms. The molecular weight excluding hydrogens is 226 g/mol. The van der Waals surface area contributed by atoms with E-state index in [9.17, 15) is 4.79 Å². The third kappa shape index (κ3) is 3.79. The summed E-state index contributed by atoms with van der Waals surface area (Å²) in [6, 6.07) is 0.329. The highest BCUT2D eigenvalue weighted by molar-refractivity contribution is 5.86. The number of ether oxygens (including phenoxy) is 1. The van der Waals surface area contributed by atoms with Crippen molar-refractivity contribution in [2.45, 2.75) is 78.7 Å². The smallest absolute Gasteiger partial charge is 0.155 e. The van der Waals surface area contributed by atoms with Crippen LogP contribution in [0.4, 0.5) is 0 Å². The standard InChI is InChI=1S/C15H29NO2/c1-10(2)14(17)13-12(18-15(5,6)7)8-9-16(13)11(3)4/h10-13H,8-9H2,1-7H3. The summed E-state index contributed by atoms with van der Waals surface area (Å²) in [5, 5.41) is 0. The average Bonchev–Trinajstić information content (AvgIpc) is 2.57. The van der Waals surface area contributed by atoms with Gasteiger partial charge in [0, 0.05) is 18.5 Å². The fraction of sp³-hybridized carbons (Fsp3) is 0.933. The molecule has 3 heteroatoms. The average molecular weight is 255 g/mol. The highest BCUT2D eigenvalue weighted by Gasteiger charge is 2.42. The van der Waals surface area contributed by atoms with Crippen molar-refractivity contribution in [3.05, 3.63) is 0 Å². The molecule has 0 amide bonds. The van der Waals surface area contributed by atoms with Crippen LogP contribution >= 0.6 is 0 Å². The van der Waals surface area contributed by atoms with E-state index < -0.39 is 0 Å². The minimum atomic E-state index is -0.187. The third-order valence-corrected chi connectivity index (χ3v) is 3.41. The topological polar surface area (TPSA) is 29.5 Å². The van der Waals surface area contributed by atoms with Crippen molar-refractivity contribution < 1.29 is 9.53 Å². The van der Waals surface area contributed by atoms with Crippen LogP contribution in [0, 0.1) is 5.92 Å². The van der Waals surface area contributed by atoms with Crippen molar-refractivity contribution in [3.8, 4) is 0 Å². The lowest BCUT2D eigenvalue weighted by Crippen LogP contribution is -2.49. The Kier molecular flexibility index (Phi) is 4.96. The molecule has 2 atom stereocenters. The largest absolute Gasteiger partial charge is 0.370 e. The van der Waals surface area contributed by atoms with Gasteiger partial charge in [0.25, 0.3) is 0 Å². The normalized spacial score (nSPS) is 26.3. The van der Waals surface area contributed by atoms with Gasteiger partial charge in [-0.25, -0.2) is 0 Å². The molecule has 106 valence electrons. The molecule has 0 aliphatic carbocycles. The van der Waals surface area contributed by atoms with Gasteiger partial charge in [0.2, 0.25) is 0 Å². The van der Waals surface area contributed by atoms with E-state index in [2.05, 4.69) is 39.5 Å². The molecule has 1 saturated heterocycles. The fourth-order valence-corrected chi connectivity index (χ4v) is 2.63. The van der Waals surface area contributed by atoms with Crippen molar-refractivity contribution in [1.82, 2.24) is 4.90 Å². The number of Topliss-reactive ketones (excluding diaryl/α,β-unsaturated/α-hetero) is 1. The lowest BCUT2D eigenvalue weighted by molar-refractivity contribution is -0.135. The van der Waals surface area contributed by atoms with Crippen molar-refractivity contribution in [2.75, 3.05) is 6.54 Å². The Morgan fingerprint density at radius 1 is 1.22 bits per heavy atom. The molecule has 1 rings (SSSR count). The van der Waals surface area contributed by atoms with Crippen molar-refractivity contribution >= 4 is 5.78 Å². The van der Waals surface area contributed by atoms with Crippen molar-refractivity contribution in [3.63, 3.8) is 0 Å². The van der Waals surface area contributed by atoms with Crippen LogP contribution in [0.25, 0.3) is 0 Å². The molecule has 1 aliphatic heterocycles. The number of likely N-dealkylation sites (tertiary alicyclic amines) is 1. The second-order valence-corrected chi connectivity index (χ2v) is 6.89. The SMILES string of the molecule is CC(C)C(=O)C1C(OC(C)(C)C)CCN1C(C)C. The van der Waals surface area contributed by atoms with E-state index in [1.165, 1.54) is 0 Å². The summed E-state index contributed by atoms with van der Waals surface area (Å²) in [5.74, 6) is 0.385. The molecule has 2 unspecified atom stereocenters. The Hall–Kier alpha value is -0.410. The number of carbonyl (C=O) groups is 1. The van der Waals surface area contributed by atoms with Gasteiger partial charge in [-0.05, 0) is 41.0 Å². The molecule has 1 fully saturated rings. The summed E-state index contributed by atoms with van der Waals surface area (Å²) in [7, 11) is 0. The maximum Gasteiger partial charge on any atom is 0.155 e. The van der Waals surface area contributed by atoms with Gasteiger partial charge in [0.1, 0.15) is 0 Å². The quantitative estimate of drug-likeness (QED) is 0.773. The number of hydrogen-bond donors (Lipinski definition) is 0. The highest BCUT2D eigenvalue weighted by Crippen LogP contribution is 2.29. The van der Waals surface area contributed by atoms with Crippen LogP contribution in [-0.2, 0) is 9.53 Å². The number of nitrogens with zero attached hydrogens (tertiary/aromatic N) is 1. The molecule has 1 aliphatic rings. The number of ketones is 1. The Morgan fingerprint density at radius 3 is 2.17 bits per heavy atom. The molecule has 1 heterocycles. The predicted molar refractivity (Wildman–Crippen MR) is 74.7 cm³/mol. The molecule has 0 saturated carbocycles. The van der Waals surface area contributed by atoms with Crippen LogP contribution in [0.5, 0.6) is 0 Å². The van der Waals surface area contributed by atoms with Gasteiger partial charge in [-0.15, -0.1) is 0 Å². The van der Waals surface area contributed by atoms with E-state index in [0.29, 0.717) is 11.8 Å². The highest BCUT2D eigenvalue weighted by atomic mass is 16.5. The summed E-state index contributed by atoms with van der Waals surface area (Å²) in [6.45, 7) is 15.4. The Balaban J connectivity index is 2.88. The number of carbonyl (C=O) groups excluding carboxylic acids is 1. The van der Waals surface area contributed by atoms with Gasteiger partial charge < -0.3 is 4.74 Å². The van der Waals surface area contributed by atoms with Crippen LogP contribution in [0.1, 0.15) is 54.9 Å². The summed E-state index contributed by atoms with van der Waals surface area (Å²) in [6.07, 6.45) is 1.00. The third-order valence-electron chi connectivity index (χ3n) is 3.41. The first-order chi connectivity index (χ1) is 8.13. The van der Waals surface area contributed by atoms with Gasteiger partial charge in [-0.1, -0.05) is 13.8 Å². The predicted octanol–water partition coefficient (Wildman–Crippen LogP) is 2.88. The Labute approximate surface area is 112 Å². The molecular formula is C15H29NO2. The molecule has 3 nitrogen and oxygen atoms in total. The molecule has 0 aromatic carbocycles. The van der Waals surface area contributed by atoms with Crippen LogP contribution < -0.4 is 0 Å². The second-order valence-electron chi connectivity index (χ2n) is 6.89. The van der Waals surface area contributed by atoms with Crippen LogP contribution in [0.2, 0.25) is 0 Å². The first-order valence-electron chi connectivity index (χ1n) is 7.10. The first-order valence-corrected chi connectivity index (χ1v) is 7.10. The van der Waals surface area contributed by atoms with E-state index in [-0.39, 0.29) is 23.7 Å². The van der Waals surface area contributed by atoms with Crippen LogP contribution in [0.15, 0.2) is 0 Å². The number of rotatable bonds is 4. The number of hydrogen-bond acceptors (Lipinski definition) is 3. The molecule has 0 N–H and O–H groups in total. The van der Waals surface area contributed by atoms with Crippen molar-refractivity contribution in [1.29, 1.82) is 0 Å². The molecule has 0 aromatic rings. The van der Waals surface area contributed by atoms with Crippen molar-refractivity contribution in [2.24, 2.45) is 5.92 Å². The summed E-state index contributed by atoms with van der Waals surface area (Å²) in [4.78, 5) is 14.7. The Morgan fingerprint density at radius 2 is 1.78 bits per heavy atom. The lowest BCUT2D eigenvalue weighted by atomic mass is 9.96. The Bertz CT molecular complexity index is 291. The first kappa shape index (κ1) is 15.6. The van der Waals surface area contributed by atoms with Gasteiger partial charge in [0.15, 0.2) is 5.78 Å². The summed E-state index contributed by atoms with van der Waals surface area (Å²) in [5.41, 5.74) is -0.187. The van der Waals surface area contributed by atoms with E-state index in [1.54, 1.807) is 0 Å². The zero-order valence-electron chi connectivity index (χ0n) is 13.0. The zero-order chi connectivity index (χ0) is 14.1. The van der Waals surface area contributed by atoms with Crippen LogP contribution in [-0.4, -0.2) is 41.0 Å².